The van der Waals surface area contributed by atoms with E-state index in [9.17, 15) is 0 Å². The number of hydrogen-bond acceptors (Lipinski definition) is 6. The molecule has 130 valence electrons. The van der Waals surface area contributed by atoms with Crippen LogP contribution in [0, 0.1) is 4.77 Å². The van der Waals surface area contributed by atoms with E-state index in [1.807, 2.05) is 35.7 Å². The highest BCUT2D eigenvalue weighted by Gasteiger charge is 2.11. The molecule has 2 aromatic heterocycles. The van der Waals surface area contributed by atoms with Crippen LogP contribution in [-0.2, 0) is 0 Å². The molecule has 0 radical (unpaired) electrons. The summed E-state index contributed by atoms with van der Waals surface area (Å²) in [6.07, 6.45) is 2.61. The molecule has 0 amide bonds. The number of ether oxygens (including phenoxy) is 2. The van der Waals surface area contributed by atoms with Crippen LogP contribution in [0.25, 0.3) is 10.7 Å². The molecule has 0 saturated carbocycles. The van der Waals surface area contributed by atoms with Crippen LogP contribution in [0.15, 0.2) is 40.8 Å². The van der Waals surface area contributed by atoms with Crippen molar-refractivity contribution in [2.24, 2.45) is 5.10 Å². The molecule has 0 aliphatic carbocycles. The summed E-state index contributed by atoms with van der Waals surface area (Å²) >= 11 is 6.87. The Hall–Kier alpha value is -2.45. The van der Waals surface area contributed by atoms with Gasteiger partial charge < -0.3 is 9.47 Å². The Kier molecular flexibility index (Phi) is 5.62. The zero-order chi connectivity index (χ0) is 17.6. The number of benzene rings is 1. The first-order valence-corrected chi connectivity index (χ1v) is 9.08. The lowest BCUT2D eigenvalue weighted by atomic mass is 10.2. The topological polar surface area (TPSA) is 64.4 Å². The number of nitrogens with one attached hydrogen (secondary N) is 1. The maximum atomic E-state index is 5.84. The highest BCUT2D eigenvalue weighted by molar-refractivity contribution is 7.71. The largest absolute Gasteiger partial charge is 0.493 e. The Morgan fingerprint density at radius 1 is 1.36 bits per heavy atom. The molecule has 1 N–H and O–H groups in total. The zero-order valence-corrected chi connectivity index (χ0v) is 15.6. The van der Waals surface area contributed by atoms with E-state index in [1.165, 1.54) is 0 Å². The number of nitrogens with zero attached hydrogens (tertiary/aromatic N) is 3. The molecule has 0 saturated heterocycles. The number of H-pyrrole nitrogens is 1. The van der Waals surface area contributed by atoms with Crippen LogP contribution in [0.5, 0.6) is 11.5 Å². The molecule has 1 aromatic carbocycles. The molecule has 0 aliphatic heterocycles. The molecule has 25 heavy (non-hydrogen) atoms. The summed E-state index contributed by atoms with van der Waals surface area (Å²) in [7, 11) is 1.62. The summed E-state index contributed by atoms with van der Waals surface area (Å²) in [5.41, 5.74) is 0.813. The van der Waals surface area contributed by atoms with Crippen LogP contribution >= 0.6 is 23.6 Å². The van der Waals surface area contributed by atoms with Crippen LogP contribution in [0.1, 0.15) is 18.9 Å². The number of para-hydroxylation sites is 1. The fourth-order valence-corrected chi connectivity index (χ4v) is 3.12. The minimum Gasteiger partial charge on any atom is -0.493 e. The Morgan fingerprint density at radius 3 is 2.96 bits per heavy atom. The minimum atomic E-state index is 0.429. The van der Waals surface area contributed by atoms with Gasteiger partial charge in [0.25, 0.3) is 0 Å². The van der Waals surface area contributed by atoms with E-state index in [2.05, 4.69) is 22.2 Å². The van der Waals surface area contributed by atoms with E-state index in [-0.39, 0.29) is 0 Å². The van der Waals surface area contributed by atoms with Gasteiger partial charge in [0.1, 0.15) is 0 Å². The van der Waals surface area contributed by atoms with Crippen molar-refractivity contribution < 1.29 is 9.47 Å². The van der Waals surface area contributed by atoms with Crippen molar-refractivity contribution in [3.63, 3.8) is 0 Å². The fourth-order valence-electron chi connectivity index (χ4n) is 2.24. The standard InChI is InChI=1S/C17H18N4O2S2/c1-3-9-23-15-12(6-4-7-13(15)22-2)11-18-21-16(19-20-17(21)24)14-8-5-10-25-14/h4-8,10-11H,3,9H2,1-2H3,(H,20,24)/b18-11-. The summed E-state index contributed by atoms with van der Waals surface area (Å²) in [6.45, 7) is 2.66. The molecule has 6 nitrogen and oxygen atoms in total. The number of hydrogen-bond donors (Lipinski definition) is 1. The van der Waals surface area contributed by atoms with Crippen molar-refractivity contribution >= 4 is 29.8 Å². The van der Waals surface area contributed by atoms with Gasteiger partial charge in [-0.15, -0.1) is 11.3 Å². The van der Waals surface area contributed by atoms with E-state index in [1.54, 1.807) is 29.3 Å². The van der Waals surface area contributed by atoms with Crippen LogP contribution < -0.4 is 9.47 Å². The monoisotopic (exact) mass is 374 g/mol. The van der Waals surface area contributed by atoms with Gasteiger partial charge in [0.15, 0.2) is 17.3 Å². The van der Waals surface area contributed by atoms with Gasteiger partial charge in [0.2, 0.25) is 4.77 Å². The molecule has 0 atom stereocenters. The summed E-state index contributed by atoms with van der Waals surface area (Å²) in [6, 6.07) is 9.62. The van der Waals surface area contributed by atoms with Gasteiger partial charge in [-0.1, -0.05) is 19.1 Å². The van der Waals surface area contributed by atoms with E-state index < -0.39 is 0 Å². The molecule has 0 spiro atoms. The second kappa shape index (κ2) is 8.09. The second-order valence-corrected chi connectivity index (χ2v) is 6.45. The van der Waals surface area contributed by atoms with Crippen molar-refractivity contribution in [1.82, 2.24) is 14.9 Å². The van der Waals surface area contributed by atoms with Crippen LogP contribution in [0.4, 0.5) is 0 Å². The highest BCUT2D eigenvalue weighted by atomic mass is 32.1. The molecular weight excluding hydrogens is 356 g/mol. The quantitative estimate of drug-likeness (QED) is 0.493. The van der Waals surface area contributed by atoms with E-state index in [0.717, 1.165) is 16.9 Å². The van der Waals surface area contributed by atoms with Gasteiger partial charge in [0, 0.05) is 5.56 Å². The summed E-state index contributed by atoms with van der Waals surface area (Å²) in [5.74, 6) is 2.02. The number of methoxy groups -OCH3 is 1. The molecule has 0 bridgehead atoms. The van der Waals surface area contributed by atoms with Crippen molar-refractivity contribution in [2.45, 2.75) is 13.3 Å². The lowest BCUT2D eigenvalue weighted by molar-refractivity contribution is 0.294. The third kappa shape index (κ3) is 3.80. The second-order valence-electron chi connectivity index (χ2n) is 5.11. The third-order valence-corrected chi connectivity index (χ3v) is 4.51. The Bertz CT molecular complexity index is 913. The van der Waals surface area contributed by atoms with Crippen molar-refractivity contribution in [1.29, 1.82) is 0 Å². The lowest BCUT2D eigenvalue weighted by Crippen LogP contribution is -2.02. The summed E-state index contributed by atoms with van der Waals surface area (Å²) in [5, 5.41) is 13.5. The summed E-state index contributed by atoms with van der Waals surface area (Å²) in [4.78, 5) is 0.984. The molecule has 0 aliphatic rings. The van der Waals surface area contributed by atoms with Crippen LogP contribution in [0.3, 0.4) is 0 Å². The molecule has 0 fully saturated rings. The zero-order valence-electron chi connectivity index (χ0n) is 13.9. The van der Waals surface area contributed by atoms with E-state index in [4.69, 9.17) is 21.7 Å². The Morgan fingerprint density at radius 2 is 2.24 bits per heavy atom. The van der Waals surface area contributed by atoms with Gasteiger partial charge in [-0.25, -0.2) is 5.10 Å². The lowest BCUT2D eigenvalue weighted by Gasteiger charge is -2.12. The number of aromatic amines is 1. The predicted molar refractivity (Wildman–Crippen MR) is 102 cm³/mol. The average molecular weight is 374 g/mol. The molecular formula is C17H18N4O2S2. The highest BCUT2D eigenvalue weighted by Crippen LogP contribution is 2.30. The number of rotatable bonds is 7. The Labute approximate surface area is 154 Å². The fraction of sp³-hybridized carbons (Fsp3) is 0.235. The first-order valence-electron chi connectivity index (χ1n) is 7.80. The molecule has 3 aromatic rings. The van der Waals surface area contributed by atoms with Gasteiger partial charge in [-0.2, -0.15) is 14.9 Å². The van der Waals surface area contributed by atoms with Gasteiger partial charge in [0.05, 0.1) is 24.8 Å². The average Bonchev–Trinajstić information content (AvgIpc) is 3.28. The van der Waals surface area contributed by atoms with E-state index in [0.29, 0.717) is 28.7 Å². The van der Waals surface area contributed by atoms with Crippen molar-refractivity contribution in [3.05, 3.63) is 46.0 Å². The smallest absolute Gasteiger partial charge is 0.216 e. The predicted octanol–water partition coefficient (Wildman–Crippen LogP) is 4.35. The first kappa shape index (κ1) is 17.4. The molecule has 3 rings (SSSR count). The van der Waals surface area contributed by atoms with Gasteiger partial charge in [-0.05, 0) is 42.2 Å². The SMILES string of the molecule is CCCOc1c(/C=N\n2c(-c3cccs3)n[nH]c2=S)cccc1OC. The minimum absolute atomic E-state index is 0.429. The third-order valence-electron chi connectivity index (χ3n) is 3.38. The summed E-state index contributed by atoms with van der Waals surface area (Å²) < 4.78 is 13.3. The van der Waals surface area contributed by atoms with E-state index >= 15 is 0 Å². The molecule has 2 heterocycles. The maximum absolute atomic E-state index is 5.84. The van der Waals surface area contributed by atoms with Crippen molar-refractivity contribution in [3.8, 4) is 22.2 Å². The number of thiophene rings is 1. The van der Waals surface area contributed by atoms with Gasteiger partial charge in [-0.3, -0.25) is 0 Å². The van der Waals surface area contributed by atoms with Crippen LogP contribution in [0.2, 0.25) is 0 Å². The molecule has 0 unspecified atom stereocenters. The van der Waals surface area contributed by atoms with Gasteiger partial charge >= 0.3 is 0 Å². The first-order chi connectivity index (χ1) is 12.2. The number of aromatic nitrogens is 3. The molecule has 8 heteroatoms. The Balaban J connectivity index is 1.98. The van der Waals surface area contributed by atoms with Crippen LogP contribution in [-0.4, -0.2) is 34.8 Å². The normalized spacial score (nSPS) is 11.1. The van der Waals surface area contributed by atoms with Crippen molar-refractivity contribution in [2.75, 3.05) is 13.7 Å². The maximum Gasteiger partial charge on any atom is 0.216 e.